The fourth-order valence-electron chi connectivity index (χ4n) is 1.84. The molecule has 0 aromatic heterocycles. The van der Waals surface area contributed by atoms with E-state index in [-0.39, 0.29) is 24.5 Å². The van der Waals surface area contributed by atoms with Gasteiger partial charge in [0.25, 0.3) is 0 Å². The Balaban J connectivity index is 1.72. The molecule has 0 aliphatic carbocycles. The Labute approximate surface area is 83.5 Å². The third kappa shape index (κ3) is 2.07. The molecule has 4 heteroatoms. The van der Waals surface area contributed by atoms with Crippen molar-refractivity contribution in [3.8, 4) is 0 Å². The second-order valence-electron chi connectivity index (χ2n) is 3.85. The number of unbranched alkanes of at least 4 members (excludes halogenated alkanes) is 1. The minimum Gasteiger partial charge on any atom is -0.435 e. The summed E-state index contributed by atoms with van der Waals surface area (Å²) in [4.78, 5) is 10.9. The van der Waals surface area contributed by atoms with Crippen LogP contribution in [0.4, 0.5) is 0 Å². The monoisotopic (exact) mass is 200 g/mol. The largest absolute Gasteiger partial charge is 0.435 e. The minimum atomic E-state index is -0.339. The van der Waals surface area contributed by atoms with E-state index in [1.807, 2.05) is 0 Å². The van der Waals surface area contributed by atoms with Crippen molar-refractivity contribution in [2.75, 3.05) is 6.61 Å². The van der Waals surface area contributed by atoms with Gasteiger partial charge in [0.1, 0.15) is 0 Å². The molecule has 2 saturated heterocycles. The van der Waals surface area contributed by atoms with Gasteiger partial charge < -0.3 is 14.2 Å². The van der Waals surface area contributed by atoms with Gasteiger partial charge in [-0.05, 0) is 6.42 Å². The summed E-state index contributed by atoms with van der Waals surface area (Å²) in [5.74, 6) is 0.0705. The molecule has 0 spiro atoms. The van der Waals surface area contributed by atoms with Crippen LogP contribution in [-0.2, 0) is 19.0 Å². The second-order valence-corrected chi connectivity index (χ2v) is 3.85. The van der Waals surface area contributed by atoms with Crippen molar-refractivity contribution in [3.63, 3.8) is 0 Å². The molecule has 0 aromatic rings. The van der Waals surface area contributed by atoms with E-state index < -0.39 is 0 Å². The molecule has 2 aliphatic heterocycles. The maximum Gasteiger partial charge on any atom is 0.308 e. The van der Waals surface area contributed by atoms with Crippen molar-refractivity contribution in [2.24, 2.45) is 5.92 Å². The number of carbonyl (C=O) groups excluding carboxylic acids is 1. The number of hydrogen-bond acceptors (Lipinski definition) is 4. The van der Waals surface area contributed by atoms with E-state index in [9.17, 15) is 4.79 Å². The molecule has 0 bridgehead atoms. The van der Waals surface area contributed by atoms with Gasteiger partial charge in [-0.1, -0.05) is 13.3 Å². The summed E-state index contributed by atoms with van der Waals surface area (Å²) in [5.41, 5.74) is 0. The standard InChI is InChI=1S/C10H16O4/c1-2-3-4-12-9-6-7-5-8(11)13-10(7)14-9/h7,9-10H,2-6H2,1H3/t7-,9+,10+/m1/s1. The van der Waals surface area contributed by atoms with Gasteiger partial charge in [0, 0.05) is 18.9 Å². The van der Waals surface area contributed by atoms with E-state index in [0.29, 0.717) is 6.42 Å². The smallest absolute Gasteiger partial charge is 0.308 e. The lowest BCUT2D eigenvalue weighted by molar-refractivity contribution is -0.201. The van der Waals surface area contributed by atoms with Crippen LogP contribution in [-0.4, -0.2) is 25.2 Å². The molecular weight excluding hydrogens is 184 g/mol. The van der Waals surface area contributed by atoms with Gasteiger partial charge in [-0.15, -0.1) is 0 Å². The van der Waals surface area contributed by atoms with Gasteiger partial charge in [0.05, 0.1) is 6.42 Å². The van der Waals surface area contributed by atoms with Gasteiger partial charge in [0.2, 0.25) is 6.29 Å². The summed E-state index contributed by atoms with van der Waals surface area (Å²) in [6.45, 7) is 2.85. The number of carbonyl (C=O) groups is 1. The van der Waals surface area contributed by atoms with Gasteiger partial charge in [-0.25, -0.2) is 0 Å². The van der Waals surface area contributed by atoms with Crippen molar-refractivity contribution in [1.82, 2.24) is 0 Å². The van der Waals surface area contributed by atoms with Crippen LogP contribution < -0.4 is 0 Å². The third-order valence-electron chi connectivity index (χ3n) is 2.64. The highest BCUT2D eigenvalue weighted by molar-refractivity contribution is 5.71. The first kappa shape index (κ1) is 9.93. The summed E-state index contributed by atoms with van der Waals surface area (Å²) in [6.07, 6.45) is 2.95. The molecule has 4 nitrogen and oxygen atoms in total. The zero-order chi connectivity index (χ0) is 9.97. The highest BCUT2D eigenvalue weighted by atomic mass is 16.8. The number of rotatable bonds is 4. The average molecular weight is 200 g/mol. The molecule has 0 unspecified atom stereocenters. The Morgan fingerprint density at radius 3 is 3.14 bits per heavy atom. The molecule has 2 fully saturated rings. The van der Waals surface area contributed by atoms with E-state index in [1.165, 1.54) is 0 Å². The molecule has 2 heterocycles. The van der Waals surface area contributed by atoms with Crippen LogP contribution in [0, 0.1) is 5.92 Å². The van der Waals surface area contributed by atoms with Crippen LogP contribution in [0.1, 0.15) is 32.6 Å². The van der Waals surface area contributed by atoms with Crippen molar-refractivity contribution in [1.29, 1.82) is 0 Å². The van der Waals surface area contributed by atoms with Crippen LogP contribution in [0.3, 0.4) is 0 Å². The lowest BCUT2D eigenvalue weighted by atomic mass is 10.1. The number of hydrogen-bond donors (Lipinski definition) is 0. The first-order chi connectivity index (χ1) is 6.79. The van der Waals surface area contributed by atoms with E-state index in [1.54, 1.807) is 0 Å². The maximum absolute atomic E-state index is 10.9. The molecule has 0 saturated carbocycles. The normalized spacial score (nSPS) is 35.8. The Morgan fingerprint density at radius 2 is 2.43 bits per heavy atom. The van der Waals surface area contributed by atoms with Gasteiger partial charge in [-0.2, -0.15) is 0 Å². The van der Waals surface area contributed by atoms with Gasteiger partial charge in [0.15, 0.2) is 6.29 Å². The predicted octanol–water partition coefficient (Wildman–Crippen LogP) is 1.44. The quantitative estimate of drug-likeness (QED) is 0.509. The Kier molecular flexibility index (Phi) is 3.03. The molecule has 80 valence electrons. The van der Waals surface area contributed by atoms with E-state index in [2.05, 4.69) is 6.92 Å². The zero-order valence-corrected chi connectivity index (χ0v) is 8.40. The molecule has 2 rings (SSSR count). The Bertz CT molecular complexity index is 200. The highest BCUT2D eigenvalue weighted by Gasteiger charge is 2.44. The number of esters is 1. The lowest BCUT2D eigenvalue weighted by Crippen LogP contribution is -2.17. The fraction of sp³-hybridized carbons (Fsp3) is 0.900. The van der Waals surface area contributed by atoms with Crippen LogP contribution >= 0.6 is 0 Å². The molecular formula is C10H16O4. The summed E-state index contributed by atoms with van der Waals surface area (Å²) >= 11 is 0. The summed E-state index contributed by atoms with van der Waals surface area (Å²) in [5, 5.41) is 0. The minimum absolute atomic E-state index is 0.146. The molecule has 2 aliphatic rings. The molecule has 14 heavy (non-hydrogen) atoms. The second kappa shape index (κ2) is 4.28. The Hall–Kier alpha value is -0.610. The third-order valence-corrected chi connectivity index (χ3v) is 2.64. The average Bonchev–Trinajstić information content (AvgIpc) is 2.61. The molecule has 0 N–H and O–H groups in total. The van der Waals surface area contributed by atoms with Crippen LogP contribution in [0.15, 0.2) is 0 Å². The molecule has 0 radical (unpaired) electrons. The first-order valence-corrected chi connectivity index (χ1v) is 5.26. The SMILES string of the molecule is CCCCO[C@@H]1C[C@H]2CC(=O)O[C@H]2O1. The molecule has 3 atom stereocenters. The number of fused-ring (bicyclic) bond motifs is 1. The zero-order valence-electron chi connectivity index (χ0n) is 8.40. The van der Waals surface area contributed by atoms with Crippen LogP contribution in [0.2, 0.25) is 0 Å². The maximum atomic E-state index is 10.9. The lowest BCUT2D eigenvalue weighted by Gasteiger charge is -2.12. The summed E-state index contributed by atoms with van der Waals surface area (Å²) in [6, 6.07) is 0. The van der Waals surface area contributed by atoms with Crippen molar-refractivity contribution in [3.05, 3.63) is 0 Å². The number of ether oxygens (including phenoxy) is 3. The van der Waals surface area contributed by atoms with Crippen molar-refractivity contribution < 1.29 is 19.0 Å². The highest BCUT2D eigenvalue weighted by Crippen LogP contribution is 2.35. The fourth-order valence-corrected chi connectivity index (χ4v) is 1.84. The van der Waals surface area contributed by atoms with E-state index in [0.717, 1.165) is 25.9 Å². The van der Waals surface area contributed by atoms with E-state index >= 15 is 0 Å². The predicted molar refractivity (Wildman–Crippen MR) is 48.3 cm³/mol. The summed E-state index contributed by atoms with van der Waals surface area (Å²) < 4.78 is 15.9. The van der Waals surface area contributed by atoms with Gasteiger partial charge >= 0.3 is 5.97 Å². The van der Waals surface area contributed by atoms with Crippen LogP contribution in [0.25, 0.3) is 0 Å². The molecule has 0 aromatic carbocycles. The Morgan fingerprint density at radius 1 is 1.57 bits per heavy atom. The van der Waals surface area contributed by atoms with Crippen LogP contribution in [0.5, 0.6) is 0 Å². The van der Waals surface area contributed by atoms with Crippen molar-refractivity contribution in [2.45, 2.75) is 45.2 Å². The molecule has 0 amide bonds. The van der Waals surface area contributed by atoms with Gasteiger partial charge in [-0.3, -0.25) is 4.79 Å². The van der Waals surface area contributed by atoms with Crippen molar-refractivity contribution >= 4 is 5.97 Å². The summed E-state index contributed by atoms with van der Waals surface area (Å²) in [7, 11) is 0. The van der Waals surface area contributed by atoms with E-state index in [4.69, 9.17) is 14.2 Å². The first-order valence-electron chi connectivity index (χ1n) is 5.26. The topological polar surface area (TPSA) is 44.8 Å².